The highest BCUT2D eigenvalue weighted by Gasteiger charge is 2.48. The van der Waals surface area contributed by atoms with E-state index in [1.165, 1.54) is 19.2 Å². The first-order chi connectivity index (χ1) is 9.63. The molecule has 1 aliphatic heterocycles. The number of nitrogens with zero attached hydrogens (tertiary/aromatic N) is 1. The molecule has 2 unspecified atom stereocenters. The van der Waals surface area contributed by atoms with Crippen molar-refractivity contribution in [3.8, 4) is 5.75 Å². The highest BCUT2D eigenvalue weighted by Crippen LogP contribution is 2.42. The van der Waals surface area contributed by atoms with Crippen molar-refractivity contribution in [3.05, 3.63) is 60.2 Å². The van der Waals surface area contributed by atoms with Gasteiger partial charge in [-0.1, -0.05) is 30.3 Å². The van der Waals surface area contributed by atoms with E-state index in [4.69, 9.17) is 9.57 Å². The van der Waals surface area contributed by atoms with Gasteiger partial charge in [-0.2, -0.15) is 0 Å². The van der Waals surface area contributed by atoms with E-state index in [-0.39, 0.29) is 4.90 Å². The Morgan fingerprint density at radius 3 is 2.30 bits per heavy atom. The monoisotopic (exact) mass is 291 g/mol. The van der Waals surface area contributed by atoms with Crippen LogP contribution in [0.2, 0.25) is 0 Å². The summed E-state index contributed by atoms with van der Waals surface area (Å²) in [4.78, 5) is 5.37. The Morgan fingerprint density at radius 1 is 1.05 bits per heavy atom. The molecule has 0 aliphatic carbocycles. The number of hydroxylamine groups is 1. The fraction of sp³-hybridized carbons (Fsp3) is 0.143. The second-order valence-electron chi connectivity index (χ2n) is 4.30. The van der Waals surface area contributed by atoms with Crippen molar-refractivity contribution in [1.29, 1.82) is 0 Å². The fourth-order valence-electron chi connectivity index (χ4n) is 1.91. The first-order valence-electron chi connectivity index (χ1n) is 6.03. The number of benzene rings is 2. The summed E-state index contributed by atoms with van der Waals surface area (Å²) < 4.78 is 30.7. The minimum absolute atomic E-state index is 0.178. The van der Waals surface area contributed by atoms with Crippen LogP contribution in [0.15, 0.2) is 59.5 Å². The van der Waals surface area contributed by atoms with Gasteiger partial charge in [-0.3, -0.25) is 4.84 Å². The minimum Gasteiger partial charge on any atom is -0.497 e. The fourth-order valence-corrected chi connectivity index (χ4v) is 3.16. The SMILES string of the molecule is COc1ccc(S(=O)(=O)N2OC2c2ccccc2)cc1. The van der Waals surface area contributed by atoms with Crippen LogP contribution in [-0.2, 0) is 14.9 Å². The van der Waals surface area contributed by atoms with Crippen molar-refractivity contribution >= 4 is 10.0 Å². The van der Waals surface area contributed by atoms with Crippen molar-refractivity contribution in [1.82, 2.24) is 4.47 Å². The zero-order valence-electron chi connectivity index (χ0n) is 10.8. The molecule has 104 valence electrons. The summed E-state index contributed by atoms with van der Waals surface area (Å²) in [6.07, 6.45) is -0.539. The molecule has 1 heterocycles. The first-order valence-corrected chi connectivity index (χ1v) is 7.47. The van der Waals surface area contributed by atoms with Crippen LogP contribution in [0.5, 0.6) is 5.75 Å². The molecular weight excluding hydrogens is 278 g/mol. The van der Waals surface area contributed by atoms with Gasteiger partial charge in [-0.15, -0.1) is 0 Å². The van der Waals surface area contributed by atoms with Crippen LogP contribution in [0.25, 0.3) is 0 Å². The number of ether oxygens (including phenoxy) is 1. The lowest BCUT2D eigenvalue weighted by Crippen LogP contribution is -2.12. The molecule has 5 nitrogen and oxygen atoms in total. The second kappa shape index (κ2) is 4.90. The normalized spacial score (nSPS) is 21.4. The van der Waals surface area contributed by atoms with E-state index in [1.807, 2.05) is 30.3 Å². The number of hydrogen-bond donors (Lipinski definition) is 0. The molecule has 2 aromatic rings. The molecule has 0 bridgehead atoms. The van der Waals surface area contributed by atoms with Gasteiger partial charge in [-0.05, 0) is 28.7 Å². The standard InChI is InChI=1S/C14H13NO4S/c1-18-12-7-9-13(10-8-12)20(16,17)15-14(19-15)11-5-3-2-4-6-11/h2-10,14H,1H3. The Hall–Kier alpha value is -1.89. The van der Waals surface area contributed by atoms with Crippen molar-refractivity contribution in [3.63, 3.8) is 0 Å². The lowest BCUT2D eigenvalue weighted by molar-refractivity contribution is 0.283. The van der Waals surface area contributed by atoms with E-state index in [0.29, 0.717) is 5.75 Å². The van der Waals surface area contributed by atoms with E-state index in [9.17, 15) is 8.42 Å². The second-order valence-corrected chi connectivity index (χ2v) is 6.09. The summed E-state index contributed by atoms with van der Waals surface area (Å²) in [5.74, 6) is 0.607. The Bertz CT molecular complexity index is 698. The minimum atomic E-state index is -3.63. The summed E-state index contributed by atoms with van der Waals surface area (Å²) >= 11 is 0. The van der Waals surface area contributed by atoms with Crippen molar-refractivity contribution < 1.29 is 18.0 Å². The van der Waals surface area contributed by atoms with E-state index in [1.54, 1.807) is 12.1 Å². The zero-order chi connectivity index (χ0) is 14.2. The molecule has 20 heavy (non-hydrogen) atoms. The van der Waals surface area contributed by atoms with Gasteiger partial charge in [0.25, 0.3) is 10.0 Å². The maximum atomic E-state index is 12.3. The highest BCUT2D eigenvalue weighted by atomic mass is 32.2. The molecule has 0 amide bonds. The van der Waals surface area contributed by atoms with Crippen molar-refractivity contribution in [2.24, 2.45) is 0 Å². The molecule has 0 saturated carbocycles. The Morgan fingerprint density at radius 2 is 1.70 bits per heavy atom. The van der Waals surface area contributed by atoms with Crippen LogP contribution >= 0.6 is 0 Å². The number of sulfonamides is 1. The van der Waals surface area contributed by atoms with Gasteiger partial charge in [0, 0.05) is 5.56 Å². The maximum Gasteiger partial charge on any atom is 0.267 e. The van der Waals surface area contributed by atoms with Crippen molar-refractivity contribution in [2.45, 2.75) is 11.1 Å². The van der Waals surface area contributed by atoms with Crippen LogP contribution in [0.1, 0.15) is 11.8 Å². The van der Waals surface area contributed by atoms with Gasteiger partial charge < -0.3 is 4.74 Å². The van der Waals surface area contributed by atoms with Crippen LogP contribution in [0, 0.1) is 0 Å². The molecular formula is C14H13NO4S. The molecule has 3 rings (SSSR count). The van der Waals surface area contributed by atoms with Crippen LogP contribution in [-0.4, -0.2) is 20.0 Å². The quantitative estimate of drug-likeness (QED) is 0.811. The van der Waals surface area contributed by atoms with Crippen LogP contribution in [0.4, 0.5) is 0 Å². The predicted molar refractivity (Wildman–Crippen MR) is 72.3 cm³/mol. The molecule has 1 saturated heterocycles. The number of hydrogen-bond acceptors (Lipinski definition) is 4. The topological polar surface area (TPSA) is 58.9 Å². The predicted octanol–water partition coefficient (Wildman–Crippen LogP) is 2.33. The summed E-state index contributed by atoms with van der Waals surface area (Å²) in [6, 6.07) is 15.4. The summed E-state index contributed by atoms with van der Waals surface area (Å²) in [5, 5.41) is 0. The smallest absolute Gasteiger partial charge is 0.267 e. The molecule has 0 radical (unpaired) electrons. The number of methoxy groups -OCH3 is 1. The molecule has 2 aromatic carbocycles. The molecule has 0 spiro atoms. The average Bonchev–Trinajstić information content (AvgIpc) is 3.29. The lowest BCUT2D eigenvalue weighted by Gasteiger charge is -2.04. The third-order valence-electron chi connectivity index (χ3n) is 3.03. The lowest BCUT2D eigenvalue weighted by atomic mass is 10.2. The molecule has 1 aliphatic rings. The molecule has 2 atom stereocenters. The molecule has 0 aromatic heterocycles. The van der Waals surface area contributed by atoms with E-state index in [2.05, 4.69) is 0 Å². The number of rotatable bonds is 4. The Labute approximate surface area is 117 Å². The Kier molecular flexibility index (Phi) is 3.21. The van der Waals surface area contributed by atoms with E-state index < -0.39 is 16.3 Å². The van der Waals surface area contributed by atoms with Gasteiger partial charge in [0.2, 0.25) is 0 Å². The molecule has 6 heteroatoms. The van der Waals surface area contributed by atoms with Crippen molar-refractivity contribution in [2.75, 3.05) is 7.11 Å². The Balaban J connectivity index is 1.83. The van der Waals surface area contributed by atoms with E-state index in [0.717, 1.165) is 10.0 Å². The average molecular weight is 291 g/mol. The summed E-state index contributed by atoms with van der Waals surface area (Å²) in [5.41, 5.74) is 0.810. The van der Waals surface area contributed by atoms with E-state index >= 15 is 0 Å². The third-order valence-corrected chi connectivity index (χ3v) is 4.65. The first kappa shape index (κ1) is 13.1. The molecule has 1 fully saturated rings. The largest absolute Gasteiger partial charge is 0.497 e. The van der Waals surface area contributed by atoms with Gasteiger partial charge >= 0.3 is 0 Å². The van der Waals surface area contributed by atoms with Gasteiger partial charge in [0.05, 0.1) is 12.0 Å². The zero-order valence-corrected chi connectivity index (χ0v) is 11.6. The van der Waals surface area contributed by atoms with Gasteiger partial charge in [-0.25, -0.2) is 8.42 Å². The van der Waals surface area contributed by atoms with Gasteiger partial charge in [0.1, 0.15) is 5.75 Å². The van der Waals surface area contributed by atoms with Crippen LogP contribution < -0.4 is 4.74 Å². The third kappa shape index (κ3) is 2.29. The maximum absolute atomic E-state index is 12.3. The van der Waals surface area contributed by atoms with Gasteiger partial charge in [0.15, 0.2) is 6.23 Å². The summed E-state index contributed by atoms with van der Waals surface area (Å²) in [6.45, 7) is 0. The van der Waals surface area contributed by atoms with Crippen LogP contribution in [0.3, 0.4) is 0 Å². The molecule has 0 N–H and O–H groups in total. The highest BCUT2D eigenvalue weighted by molar-refractivity contribution is 7.89. The summed E-state index contributed by atoms with van der Waals surface area (Å²) in [7, 11) is -2.10.